The van der Waals surface area contributed by atoms with Crippen molar-refractivity contribution in [2.45, 2.75) is 19.8 Å². The molecule has 0 spiro atoms. The van der Waals surface area contributed by atoms with Crippen LogP contribution in [-0.4, -0.2) is 64.1 Å². The summed E-state index contributed by atoms with van der Waals surface area (Å²) in [6, 6.07) is 0. The molecule has 0 radical (unpaired) electrons. The van der Waals surface area contributed by atoms with Gasteiger partial charge in [0, 0.05) is 32.7 Å². The zero-order chi connectivity index (χ0) is 12.6. The monoisotopic (exact) mass is 246 g/mol. The average Bonchev–Trinajstić information content (AvgIpc) is 2.35. The summed E-state index contributed by atoms with van der Waals surface area (Å²) < 4.78 is 0. The lowest BCUT2D eigenvalue weighted by Gasteiger charge is -2.07. The molecule has 0 saturated heterocycles. The minimum absolute atomic E-state index is 0.221. The number of likely N-dealkylation sites (N-methyl/N-ethyl adjacent to an activating group) is 1. The molecule has 0 rings (SSSR count). The summed E-state index contributed by atoms with van der Waals surface area (Å²) in [5.74, 6) is 0. The third kappa shape index (κ3) is 15.8. The highest BCUT2D eigenvalue weighted by Crippen LogP contribution is 1.83. The Morgan fingerprint density at radius 1 is 0.647 bits per heavy atom. The molecule has 0 saturated carbocycles. The van der Waals surface area contributed by atoms with Gasteiger partial charge in [-0.25, -0.2) is 0 Å². The van der Waals surface area contributed by atoms with Crippen LogP contribution in [0, 0.1) is 0 Å². The van der Waals surface area contributed by atoms with Crippen LogP contribution >= 0.6 is 0 Å². The first-order chi connectivity index (χ1) is 8.41. The SMILES string of the molecule is CCNCCNCCCCNCCNCCO. The second-order valence-electron chi connectivity index (χ2n) is 4.03. The number of aliphatic hydroxyl groups excluding tert-OH is 1. The van der Waals surface area contributed by atoms with Crippen LogP contribution < -0.4 is 21.3 Å². The maximum absolute atomic E-state index is 8.55. The topological polar surface area (TPSA) is 68.3 Å². The van der Waals surface area contributed by atoms with E-state index in [1.54, 1.807) is 0 Å². The summed E-state index contributed by atoms with van der Waals surface area (Å²) in [4.78, 5) is 0. The lowest BCUT2D eigenvalue weighted by Crippen LogP contribution is -2.30. The van der Waals surface area contributed by atoms with Gasteiger partial charge < -0.3 is 26.4 Å². The molecule has 0 unspecified atom stereocenters. The first-order valence-corrected chi connectivity index (χ1v) is 6.85. The van der Waals surface area contributed by atoms with E-state index in [1.165, 1.54) is 12.8 Å². The third-order valence-electron chi connectivity index (χ3n) is 2.45. The van der Waals surface area contributed by atoms with E-state index in [-0.39, 0.29) is 6.61 Å². The molecule has 0 bridgehead atoms. The molecule has 0 aromatic rings. The van der Waals surface area contributed by atoms with Gasteiger partial charge >= 0.3 is 0 Å². The van der Waals surface area contributed by atoms with Crippen LogP contribution in [0.25, 0.3) is 0 Å². The maximum Gasteiger partial charge on any atom is 0.0555 e. The molecule has 17 heavy (non-hydrogen) atoms. The van der Waals surface area contributed by atoms with Crippen LogP contribution in [0.15, 0.2) is 0 Å². The van der Waals surface area contributed by atoms with Gasteiger partial charge in [-0.05, 0) is 32.5 Å². The molecule has 0 aromatic carbocycles. The summed E-state index contributed by atoms with van der Waals surface area (Å²) in [5.41, 5.74) is 0. The van der Waals surface area contributed by atoms with Crippen LogP contribution in [0.5, 0.6) is 0 Å². The van der Waals surface area contributed by atoms with E-state index < -0.39 is 0 Å². The zero-order valence-corrected chi connectivity index (χ0v) is 11.2. The van der Waals surface area contributed by atoms with Gasteiger partial charge in [0.05, 0.1) is 6.61 Å². The van der Waals surface area contributed by atoms with Gasteiger partial charge in [-0.15, -0.1) is 0 Å². The van der Waals surface area contributed by atoms with E-state index in [4.69, 9.17) is 5.11 Å². The minimum Gasteiger partial charge on any atom is -0.395 e. The largest absolute Gasteiger partial charge is 0.395 e. The highest BCUT2D eigenvalue weighted by atomic mass is 16.3. The first-order valence-electron chi connectivity index (χ1n) is 6.85. The van der Waals surface area contributed by atoms with E-state index in [1.807, 2.05) is 0 Å². The molecule has 0 heterocycles. The van der Waals surface area contributed by atoms with Crippen molar-refractivity contribution in [3.63, 3.8) is 0 Å². The fourth-order valence-electron chi connectivity index (χ4n) is 1.48. The van der Waals surface area contributed by atoms with Gasteiger partial charge in [-0.3, -0.25) is 0 Å². The fraction of sp³-hybridized carbons (Fsp3) is 1.00. The van der Waals surface area contributed by atoms with Crippen LogP contribution in [0.2, 0.25) is 0 Å². The molecule has 104 valence electrons. The van der Waals surface area contributed by atoms with Gasteiger partial charge in [0.1, 0.15) is 0 Å². The zero-order valence-electron chi connectivity index (χ0n) is 11.2. The van der Waals surface area contributed by atoms with Gasteiger partial charge in [-0.1, -0.05) is 6.92 Å². The smallest absolute Gasteiger partial charge is 0.0555 e. The van der Waals surface area contributed by atoms with Crippen molar-refractivity contribution in [2.75, 3.05) is 59.0 Å². The van der Waals surface area contributed by atoms with Crippen molar-refractivity contribution >= 4 is 0 Å². The molecule has 0 aromatic heterocycles. The Hall–Kier alpha value is -0.200. The lowest BCUT2D eigenvalue weighted by molar-refractivity contribution is 0.292. The van der Waals surface area contributed by atoms with Crippen molar-refractivity contribution in [1.82, 2.24) is 21.3 Å². The molecule has 0 aliphatic carbocycles. The Bertz CT molecular complexity index is 122. The number of nitrogens with one attached hydrogen (secondary N) is 4. The summed E-state index contributed by atoms with van der Waals surface area (Å²) in [5, 5.41) is 21.7. The molecule has 0 fully saturated rings. The second kappa shape index (κ2) is 15.8. The first kappa shape index (κ1) is 16.8. The van der Waals surface area contributed by atoms with Crippen molar-refractivity contribution in [1.29, 1.82) is 0 Å². The molecule has 5 N–H and O–H groups in total. The standard InChI is InChI=1S/C12H30N4O/c1-2-13-7-8-14-5-3-4-6-15-9-10-16-11-12-17/h13-17H,2-12H2,1H3. The second-order valence-corrected chi connectivity index (χ2v) is 4.03. The minimum atomic E-state index is 0.221. The van der Waals surface area contributed by atoms with E-state index in [9.17, 15) is 0 Å². The van der Waals surface area contributed by atoms with Crippen molar-refractivity contribution in [3.8, 4) is 0 Å². The highest BCUT2D eigenvalue weighted by Gasteiger charge is 1.90. The molecule has 0 amide bonds. The van der Waals surface area contributed by atoms with Crippen LogP contribution in [0.3, 0.4) is 0 Å². The van der Waals surface area contributed by atoms with E-state index in [2.05, 4.69) is 28.2 Å². The Labute approximate surface area is 106 Å². The molecule has 0 atom stereocenters. The molecule has 5 nitrogen and oxygen atoms in total. The molecular formula is C12H30N4O. The van der Waals surface area contributed by atoms with Gasteiger partial charge in [0.25, 0.3) is 0 Å². The summed E-state index contributed by atoms with van der Waals surface area (Å²) in [7, 11) is 0. The van der Waals surface area contributed by atoms with Crippen LogP contribution in [0.4, 0.5) is 0 Å². The molecule has 0 aliphatic rings. The Morgan fingerprint density at radius 2 is 1.12 bits per heavy atom. The van der Waals surface area contributed by atoms with E-state index in [0.29, 0.717) is 6.54 Å². The normalized spacial score (nSPS) is 10.9. The van der Waals surface area contributed by atoms with Crippen LogP contribution in [0.1, 0.15) is 19.8 Å². The summed E-state index contributed by atoms with van der Waals surface area (Å²) in [6.07, 6.45) is 2.44. The third-order valence-corrected chi connectivity index (χ3v) is 2.45. The maximum atomic E-state index is 8.55. The molecule has 0 aliphatic heterocycles. The quantitative estimate of drug-likeness (QED) is 0.258. The lowest BCUT2D eigenvalue weighted by atomic mass is 10.3. The number of hydrogen-bond donors (Lipinski definition) is 5. The highest BCUT2D eigenvalue weighted by molar-refractivity contribution is 4.54. The number of rotatable bonds is 14. The van der Waals surface area contributed by atoms with Crippen molar-refractivity contribution in [2.24, 2.45) is 0 Å². The van der Waals surface area contributed by atoms with Crippen molar-refractivity contribution < 1.29 is 5.11 Å². The number of aliphatic hydroxyl groups is 1. The van der Waals surface area contributed by atoms with E-state index in [0.717, 1.165) is 45.8 Å². The van der Waals surface area contributed by atoms with Gasteiger partial charge in [-0.2, -0.15) is 0 Å². The average molecular weight is 246 g/mol. The predicted molar refractivity (Wildman–Crippen MR) is 73.5 cm³/mol. The number of hydrogen-bond acceptors (Lipinski definition) is 5. The predicted octanol–water partition coefficient (Wildman–Crippen LogP) is -0.863. The summed E-state index contributed by atoms with van der Waals surface area (Å²) in [6.45, 7) is 10.3. The molecule has 5 heteroatoms. The molecular weight excluding hydrogens is 216 g/mol. The van der Waals surface area contributed by atoms with E-state index >= 15 is 0 Å². The summed E-state index contributed by atoms with van der Waals surface area (Å²) >= 11 is 0. The fourth-order valence-corrected chi connectivity index (χ4v) is 1.48. The van der Waals surface area contributed by atoms with Gasteiger partial charge in [0.15, 0.2) is 0 Å². The van der Waals surface area contributed by atoms with Gasteiger partial charge in [0.2, 0.25) is 0 Å². The Balaban J connectivity index is 2.85. The number of unbranched alkanes of at least 4 members (excludes halogenated alkanes) is 1. The van der Waals surface area contributed by atoms with Crippen molar-refractivity contribution in [3.05, 3.63) is 0 Å². The Morgan fingerprint density at radius 3 is 1.59 bits per heavy atom. The Kier molecular flexibility index (Phi) is 15.6. The van der Waals surface area contributed by atoms with Crippen LogP contribution in [-0.2, 0) is 0 Å².